The van der Waals surface area contributed by atoms with E-state index in [0.29, 0.717) is 30.0 Å². The lowest BCUT2D eigenvalue weighted by atomic mass is 10.0. The zero-order valence-electron chi connectivity index (χ0n) is 16.1. The van der Waals surface area contributed by atoms with Crippen molar-refractivity contribution in [3.8, 4) is 0 Å². The molecule has 9 heteroatoms. The lowest BCUT2D eigenvalue weighted by Crippen LogP contribution is -2.41. The number of fused-ring (bicyclic) bond motifs is 2. The number of aliphatic imine (C=N–C) groups is 1. The molecular weight excluding hydrogens is 395 g/mol. The predicted octanol–water partition coefficient (Wildman–Crippen LogP) is 3.58. The van der Waals surface area contributed by atoms with Crippen molar-refractivity contribution in [2.24, 2.45) is 4.99 Å². The molecule has 0 bridgehead atoms. The number of rotatable bonds is 2. The SMILES string of the molecule is CC1CN=C2C=CC(c3cnn4c3C(=O)N(c3ccc(C(F)(F)F)cc3)CC4)=CN21. The molecule has 0 aliphatic carbocycles. The molecule has 5 rings (SSSR count). The number of carbonyl (C=O) groups is 1. The molecule has 0 saturated heterocycles. The van der Waals surface area contributed by atoms with Crippen LogP contribution in [-0.4, -0.2) is 45.6 Å². The monoisotopic (exact) mass is 413 g/mol. The van der Waals surface area contributed by atoms with Crippen molar-refractivity contribution < 1.29 is 18.0 Å². The fourth-order valence-corrected chi connectivity index (χ4v) is 3.96. The molecule has 3 aliphatic heterocycles. The maximum atomic E-state index is 13.3. The first-order chi connectivity index (χ1) is 14.3. The van der Waals surface area contributed by atoms with Crippen molar-refractivity contribution >= 4 is 23.0 Å². The van der Waals surface area contributed by atoms with Crippen LogP contribution >= 0.6 is 0 Å². The maximum absolute atomic E-state index is 13.3. The maximum Gasteiger partial charge on any atom is 0.416 e. The van der Waals surface area contributed by atoms with E-state index < -0.39 is 11.7 Å². The van der Waals surface area contributed by atoms with Gasteiger partial charge in [0.25, 0.3) is 5.91 Å². The molecular formula is C21H18F3N5O. The highest BCUT2D eigenvalue weighted by Gasteiger charge is 2.33. The van der Waals surface area contributed by atoms with Crippen LogP contribution in [0.1, 0.15) is 28.5 Å². The van der Waals surface area contributed by atoms with E-state index in [1.165, 1.54) is 17.0 Å². The van der Waals surface area contributed by atoms with Gasteiger partial charge in [-0.1, -0.05) is 0 Å². The third-order valence-corrected chi connectivity index (χ3v) is 5.59. The van der Waals surface area contributed by atoms with Gasteiger partial charge in [0.1, 0.15) is 11.5 Å². The highest BCUT2D eigenvalue weighted by Crippen LogP contribution is 2.33. The molecule has 1 atom stereocenters. The molecule has 1 aromatic heterocycles. The summed E-state index contributed by atoms with van der Waals surface area (Å²) in [5.74, 6) is 0.613. The number of nitrogens with zero attached hydrogens (tertiary/aromatic N) is 5. The molecule has 2 aromatic rings. The van der Waals surface area contributed by atoms with E-state index in [2.05, 4.69) is 21.9 Å². The minimum absolute atomic E-state index is 0.241. The van der Waals surface area contributed by atoms with Crippen molar-refractivity contribution in [2.75, 3.05) is 18.0 Å². The van der Waals surface area contributed by atoms with E-state index in [1.807, 2.05) is 18.4 Å². The molecule has 154 valence electrons. The first kappa shape index (κ1) is 18.7. The van der Waals surface area contributed by atoms with Crippen molar-refractivity contribution in [1.29, 1.82) is 0 Å². The number of halogens is 3. The standard InChI is InChI=1S/C21H18F3N5O/c1-13-10-25-18-7-2-14(12-28(13)18)17-11-26-29-9-8-27(20(30)19(17)29)16-5-3-15(4-6-16)21(22,23)24/h2-7,11-13H,8-10H2,1H3. The molecule has 1 unspecified atom stereocenters. The van der Waals surface area contributed by atoms with Gasteiger partial charge < -0.3 is 9.80 Å². The molecule has 0 fully saturated rings. The van der Waals surface area contributed by atoms with Crippen LogP contribution in [0, 0.1) is 0 Å². The Morgan fingerprint density at radius 3 is 2.60 bits per heavy atom. The zero-order chi connectivity index (χ0) is 21.0. The van der Waals surface area contributed by atoms with Gasteiger partial charge in [-0.25, -0.2) is 0 Å². The molecule has 0 radical (unpaired) electrons. The van der Waals surface area contributed by atoms with Crippen LogP contribution in [-0.2, 0) is 12.7 Å². The Morgan fingerprint density at radius 2 is 1.87 bits per heavy atom. The van der Waals surface area contributed by atoms with Gasteiger partial charge >= 0.3 is 6.18 Å². The number of hydrogen-bond donors (Lipinski definition) is 0. The van der Waals surface area contributed by atoms with E-state index in [-0.39, 0.29) is 11.9 Å². The summed E-state index contributed by atoms with van der Waals surface area (Å²) in [5.41, 5.74) is 1.68. The van der Waals surface area contributed by atoms with Crippen LogP contribution in [0.15, 0.2) is 53.8 Å². The van der Waals surface area contributed by atoms with Crippen molar-refractivity contribution in [2.45, 2.75) is 25.7 Å². The van der Waals surface area contributed by atoms with Crippen molar-refractivity contribution in [3.05, 3.63) is 65.6 Å². The predicted molar refractivity (Wildman–Crippen MR) is 106 cm³/mol. The van der Waals surface area contributed by atoms with E-state index in [1.54, 1.807) is 10.9 Å². The molecule has 1 amide bonds. The number of anilines is 1. The van der Waals surface area contributed by atoms with Gasteiger partial charge in [-0.05, 0) is 43.3 Å². The minimum atomic E-state index is -4.41. The summed E-state index contributed by atoms with van der Waals surface area (Å²) < 4.78 is 40.2. The summed E-state index contributed by atoms with van der Waals surface area (Å²) in [6.45, 7) is 3.60. The summed E-state index contributed by atoms with van der Waals surface area (Å²) in [6, 6.07) is 4.90. The van der Waals surface area contributed by atoms with Crippen LogP contribution in [0.5, 0.6) is 0 Å². The zero-order valence-corrected chi connectivity index (χ0v) is 16.1. The summed E-state index contributed by atoms with van der Waals surface area (Å²) >= 11 is 0. The number of alkyl halides is 3. The summed E-state index contributed by atoms with van der Waals surface area (Å²) in [7, 11) is 0. The first-order valence-electron chi connectivity index (χ1n) is 9.61. The van der Waals surface area contributed by atoms with Gasteiger partial charge in [0.05, 0.1) is 30.9 Å². The van der Waals surface area contributed by atoms with Gasteiger partial charge in [0, 0.05) is 29.6 Å². The lowest BCUT2D eigenvalue weighted by Gasteiger charge is -2.29. The minimum Gasteiger partial charge on any atom is -0.328 e. The second-order valence-electron chi connectivity index (χ2n) is 7.50. The van der Waals surface area contributed by atoms with E-state index >= 15 is 0 Å². The third kappa shape index (κ3) is 2.92. The fraction of sp³-hybridized carbons (Fsp3) is 0.286. The highest BCUT2D eigenvalue weighted by molar-refractivity contribution is 6.10. The van der Waals surface area contributed by atoms with Crippen LogP contribution in [0.4, 0.5) is 18.9 Å². The topological polar surface area (TPSA) is 53.7 Å². The van der Waals surface area contributed by atoms with E-state index in [0.717, 1.165) is 30.1 Å². The van der Waals surface area contributed by atoms with Gasteiger partial charge in [-0.3, -0.25) is 14.5 Å². The Morgan fingerprint density at radius 1 is 1.10 bits per heavy atom. The number of allylic oxidation sites excluding steroid dienone is 2. The van der Waals surface area contributed by atoms with E-state index in [4.69, 9.17) is 0 Å². The largest absolute Gasteiger partial charge is 0.416 e. The Bertz CT molecular complexity index is 1110. The number of benzene rings is 1. The molecule has 0 saturated carbocycles. The smallest absolute Gasteiger partial charge is 0.328 e. The van der Waals surface area contributed by atoms with Crippen molar-refractivity contribution in [3.63, 3.8) is 0 Å². The lowest BCUT2D eigenvalue weighted by molar-refractivity contribution is -0.137. The number of amides is 1. The average Bonchev–Trinajstić information content (AvgIpc) is 3.32. The molecule has 1 aromatic carbocycles. The molecule has 30 heavy (non-hydrogen) atoms. The number of hydrogen-bond acceptors (Lipinski definition) is 4. The summed E-state index contributed by atoms with van der Waals surface area (Å²) in [5, 5.41) is 4.36. The second-order valence-corrected chi connectivity index (χ2v) is 7.50. The molecule has 0 N–H and O–H groups in total. The summed E-state index contributed by atoms with van der Waals surface area (Å²) in [4.78, 5) is 21.3. The first-order valence-corrected chi connectivity index (χ1v) is 9.61. The Labute approximate surface area is 170 Å². The van der Waals surface area contributed by atoms with Gasteiger partial charge in [-0.15, -0.1) is 0 Å². The summed E-state index contributed by atoms with van der Waals surface area (Å²) in [6.07, 6.45) is 3.06. The molecule has 6 nitrogen and oxygen atoms in total. The Balaban J connectivity index is 1.47. The molecule has 0 spiro atoms. The second kappa shape index (κ2) is 6.58. The molecule has 4 heterocycles. The Kier molecular flexibility index (Phi) is 4.09. The number of carbonyl (C=O) groups excluding carboxylic acids is 1. The van der Waals surface area contributed by atoms with Gasteiger partial charge in [-0.2, -0.15) is 18.3 Å². The van der Waals surface area contributed by atoms with Crippen LogP contribution in [0.25, 0.3) is 5.57 Å². The number of amidine groups is 1. The van der Waals surface area contributed by atoms with Gasteiger partial charge in [0.2, 0.25) is 0 Å². The van der Waals surface area contributed by atoms with E-state index in [9.17, 15) is 18.0 Å². The Hall–Kier alpha value is -3.36. The number of aromatic nitrogens is 2. The molecule has 3 aliphatic rings. The van der Waals surface area contributed by atoms with Gasteiger partial charge in [0.15, 0.2) is 0 Å². The van der Waals surface area contributed by atoms with Crippen LogP contribution in [0.2, 0.25) is 0 Å². The third-order valence-electron chi connectivity index (χ3n) is 5.59. The average molecular weight is 413 g/mol. The fourth-order valence-electron chi connectivity index (χ4n) is 3.96. The van der Waals surface area contributed by atoms with Crippen LogP contribution < -0.4 is 4.90 Å². The quantitative estimate of drug-likeness (QED) is 0.756. The van der Waals surface area contributed by atoms with Crippen molar-refractivity contribution in [1.82, 2.24) is 14.7 Å². The van der Waals surface area contributed by atoms with Crippen LogP contribution in [0.3, 0.4) is 0 Å². The highest BCUT2D eigenvalue weighted by atomic mass is 19.4. The normalized spacial score (nSPS) is 20.8.